The molecule has 1 aromatic carbocycles. The zero-order chi connectivity index (χ0) is 23.8. The largest absolute Gasteiger partial charge is 0.508 e. The van der Waals surface area contributed by atoms with Crippen LogP contribution in [-0.2, 0) is 17.2 Å². The van der Waals surface area contributed by atoms with Crippen LogP contribution < -0.4 is 11.2 Å². The Hall–Kier alpha value is -2.65. The number of hydroxylamine groups is 2. The van der Waals surface area contributed by atoms with E-state index < -0.39 is 60.8 Å². The molecule has 32 heavy (non-hydrogen) atoms. The van der Waals surface area contributed by atoms with Crippen LogP contribution in [0, 0.1) is 0 Å². The molecule has 0 aliphatic carbocycles. The minimum absolute atomic E-state index is 0.0260. The molecule has 1 fully saturated rings. The summed E-state index contributed by atoms with van der Waals surface area (Å²) in [7, 11) is 0. The number of H-pyrrole nitrogens is 1. The molecule has 0 radical (unpaired) electrons. The van der Waals surface area contributed by atoms with Crippen LogP contribution in [0.15, 0.2) is 40.1 Å². The fraction of sp³-hybridized carbons (Fsp3) is 0.474. The van der Waals surface area contributed by atoms with Crippen molar-refractivity contribution >= 4 is 0 Å². The summed E-state index contributed by atoms with van der Waals surface area (Å²) in [4.78, 5) is 26.4. The second kappa shape index (κ2) is 8.71. The van der Waals surface area contributed by atoms with Gasteiger partial charge < -0.3 is 35.5 Å². The van der Waals surface area contributed by atoms with Crippen molar-refractivity contribution in [3.8, 4) is 5.75 Å². The van der Waals surface area contributed by atoms with E-state index in [-0.39, 0.29) is 26.5 Å². The van der Waals surface area contributed by atoms with Crippen molar-refractivity contribution in [2.75, 3.05) is 13.3 Å². The lowest BCUT2D eigenvalue weighted by Crippen LogP contribution is -2.68. The number of phenolic OH excluding ortho intramolecular Hbond substituents is 1. The number of aromatic nitrogens is 2. The van der Waals surface area contributed by atoms with E-state index in [4.69, 9.17) is 4.74 Å². The fourth-order valence-corrected chi connectivity index (χ4v) is 3.58. The summed E-state index contributed by atoms with van der Waals surface area (Å²) in [6.07, 6.45) is -3.14. The molecule has 0 spiro atoms. The number of alkyl halides is 1. The average molecular weight is 457 g/mol. The van der Waals surface area contributed by atoms with Gasteiger partial charge in [0.05, 0.1) is 19.8 Å². The van der Waals surface area contributed by atoms with Crippen molar-refractivity contribution in [2.45, 2.75) is 43.2 Å². The van der Waals surface area contributed by atoms with Crippen molar-refractivity contribution in [3.05, 3.63) is 62.4 Å². The summed E-state index contributed by atoms with van der Waals surface area (Å²) in [5.41, 5.74) is -5.69. The number of phenols is 1. The molecule has 1 unspecified atom stereocenters. The maximum absolute atomic E-state index is 13.2. The van der Waals surface area contributed by atoms with Gasteiger partial charge >= 0.3 is 11.6 Å². The third kappa shape index (κ3) is 3.63. The highest BCUT2D eigenvalue weighted by Crippen LogP contribution is 2.43. The predicted molar refractivity (Wildman–Crippen MR) is 104 cm³/mol. The van der Waals surface area contributed by atoms with E-state index in [1.165, 1.54) is 31.2 Å². The lowest BCUT2D eigenvalue weighted by molar-refractivity contribution is -0.413. The van der Waals surface area contributed by atoms with Gasteiger partial charge in [0.1, 0.15) is 18.0 Å². The maximum Gasteiger partial charge on any atom is 0.332 e. The van der Waals surface area contributed by atoms with Gasteiger partial charge in [0.15, 0.2) is 0 Å². The van der Waals surface area contributed by atoms with Gasteiger partial charge in [0, 0.05) is 23.2 Å². The first-order valence-corrected chi connectivity index (χ1v) is 9.58. The predicted octanol–water partition coefficient (Wildman–Crippen LogP) is -1.75. The number of aliphatic hydroxyl groups is 4. The number of rotatable bonds is 7. The lowest BCUT2D eigenvalue weighted by atomic mass is 9.99. The van der Waals surface area contributed by atoms with Gasteiger partial charge in [-0.2, -0.15) is 0 Å². The first-order chi connectivity index (χ1) is 15.0. The third-order valence-electron chi connectivity index (χ3n) is 5.50. The molecule has 2 heterocycles. The molecular weight excluding hydrogens is 433 g/mol. The molecule has 1 aromatic heterocycles. The number of ether oxygens (including phenoxy) is 1. The van der Waals surface area contributed by atoms with Crippen LogP contribution in [-0.4, -0.2) is 76.6 Å². The van der Waals surface area contributed by atoms with Crippen LogP contribution in [0.3, 0.4) is 0 Å². The number of aromatic hydroxyl groups is 1. The number of hydrogen-bond acceptors (Lipinski definition) is 10. The first kappa shape index (κ1) is 24.0. The van der Waals surface area contributed by atoms with Crippen LogP contribution in [0.4, 0.5) is 4.39 Å². The number of aromatic amines is 1. The van der Waals surface area contributed by atoms with E-state index in [0.717, 1.165) is 6.20 Å². The molecule has 7 N–H and O–H groups in total. The highest BCUT2D eigenvalue weighted by Gasteiger charge is 2.70. The van der Waals surface area contributed by atoms with E-state index in [9.17, 15) is 44.7 Å². The van der Waals surface area contributed by atoms with E-state index in [1.54, 1.807) is 0 Å². The number of nitrogens with one attached hydrogen (secondary N) is 1. The maximum atomic E-state index is 13.2. The minimum Gasteiger partial charge on any atom is -0.508 e. The van der Waals surface area contributed by atoms with E-state index in [0.29, 0.717) is 0 Å². The second-order valence-corrected chi connectivity index (χ2v) is 7.57. The molecule has 1 aliphatic rings. The van der Waals surface area contributed by atoms with Crippen LogP contribution >= 0.6 is 0 Å². The number of para-hydroxylation sites is 1. The topological polar surface area (TPSA) is 189 Å². The van der Waals surface area contributed by atoms with Gasteiger partial charge in [-0.1, -0.05) is 25.1 Å². The van der Waals surface area contributed by atoms with Crippen LogP contribution in [0.5, 0.6) is 5.75 Å². The quantitative estimate of drug-likeness (QED) is 0.185. The van der Waals surface area contributed by atoms with E-state index in [1.807, 2.05) is 4.98 Å². The zero-order valence-corrected chi connectivity index (χ0v) is 16.9. The zero-order valence-electron chi connectivity index (χ0n) is 16.9. The second-order valence-electron chi connectivity index (χ2n) is 7.57. The van der Waals surface area contributed by atoms with Crippen molar-refractivity contribution in [3.63, 3.8) is 0 Å². The molecule has 5 atom stereocenters. The van der Waals surface area contributed by atoms with Gasteiger partial charge in [0.25, 0.3) is 5.56 Å². The van der Waals surface area contributed by atoms with Crippen molar-refractivity contribution in [2.24, 2.45) is 0 Å². The molecule has 1 saturated heterocycles. The normalized spacial score (nSPS) is 28.9. The Morgan fingerprint density at radius 2 is 1.97 bits per heavy atom. The molecule has 0 amide bonds. The molecule has 3 rings (SSSR count). The molecule has 13 heteroatoms. The Morgan fingerprint density at radius 1 is 1.31 bits per heavy atom. The van der Waals surface area contributed by atoms with Crippen molar-refractivity contribution in [1.82, 2.24) is 14.6 Å². The molecule has 1 aliphatic heterocycles. The Bertz CT molecular complexity index is 1090. The molecule has 2 aromatic rings. The summed E-state index contributed by atoms with van der Waals surface area (Å²) < 4.78 is 18.6. The highest BCUT2D eigenvalue weighted by atomic mass is 19.1. The van der Waals surface area contributed by atoms with Crippen LogP contribution in [0.1, 0.15) is 24.0 Å². The number of halogens is 1. The Labute approximate surface area is 179 Å². The Kier molecular flexibility index (Phi) is 6.53. The summed E-state index contributed by atoms with van der Waals surface area (Å²) >= 11 is 0. The minimum atomic E-state index is -3.26. The summed E-state index contributed by atoms with van der Waals surface area (Å²) in [5, 5.41) is 63.3. The fourth-order valence-electron chi connectivity index (χ4n) is 3.58. The molecule has 0 bridgehead atoms. The standard InChI is InChI=1S/C19H24FN3O9/c1-10(6-20)12-8-22(17(28)21-16(12)27)19(30)18(29,15(26)14(9-24)32-19)23(31)7-11-4-2-3-5-13(11)25/h2-5,8,10,14-15,24-26,29-31H,6-7,9H2,1H3,(H,21,27,28)/t10?,14-,15-,18-,19-/m1/s1. The first-order valence-electron chi connectivity index (χ1n) is 9.58. The van der Waals surface area contributed by atoms with Crippen LogP contribution in [0.25, 0.3) is 0 Å². The van der Waals surface area contributed by atoms with Crippen molar-refractivity contribution in [1.29, 1.82) is 0 Å². The summed E-state index contributed by atoms with van der Waals surface area (Å²) in [6, 6.07) is 5.66. The van der Waals surface area contributed by atoms with Gasteiger partial charge in [-0.25, -0.2) is 9.36 Å². The Balaban J connectivity index is 2.17. The highest BCUT2D eigenvalue weighted by molar-refractivity contribution is 5.31. The van der Waals surface area contributed by atoms with E-state index >= 15 is 0 Å². The lowest BCUT2D eigenvalue weighted by Gasteiger charge is -2.42. The smallest absolute Gasteiger partial charge is 0.332 e. The average Bonchev–Trinajstić information content (AvgIpc) is 2.97. The third-order valence-corrected chi connectivity index (χ3v) is 5.50. The number of nitrogens with zero attached hydrogens (tertiary/aromatic N) is 2. The molecule has 0 saturated carbocycles. The summed E-state index contributed by atoms with van der Waals surface area (Å²) in [5.74, 6) is -4.56. The summed E-state index contributed by atoms with van der Waals surface area (Å²) in [6.45, 7) is -1.28. The molecule has 176 valence electrons. The van der Waals surface area contributed by atoms with E-state index in [2.05, 4.69) is 0 Å². The monoisotopic (exact) mass is 457 g/mol. The SMILES string of the molecule is CC(CF)c1cn([C@]2(O)O[C@H](CO)[C@@H](O)[C@]2(O)N(O)Cc2ccccc2O)c(=O)[nH]c1=O. The van der Waals surface area contributed by atoms with Crippen LogP contribution in [0.2, 0.25) is 0 Å². The Morgan fingerprint density at radius 3 is 2.56 bits per heavy atom. The number of aliphatic hydroxyl groups excluding tert-OH is 2. The van der Waals surface area contributed by atoms with Gasteiger partial charge in [-0.05, 0) is 6.07 Å². The van der Waals surface area contributed by atoms with Crippen molar-refractivity contribution < 1.29 is 39.9 Å². The van der Waals surface area contributed by atoms with Gasteiger partial charge in [0.2, 0.25) is 5.72 Å². The molecular formula is C19H24FN3O9. The van der Waals surface area contributed by atoms with Gasteiger partial charge in [-0.3, -0.25) is 14.2 Å². The molecule has 12 nitrogen and oxygen atoms in total. The number of hydrogen-bond donors (Lipinski definition) is 7. The number of benzene rings is 1. The van der Waals surface area contributed by atoms with Gasteiger partial charge in [-0.15, -0.1) is 5.06 Å².